The number of piperazine rings is 1. The van der Waals surface area contributed by atoms with Gasteiger partial charge in [-0.25, -0.2) is 4.79 Å². The average molecular weight is 289 g/mol. The molecule has 0 atom stereocenters. The molecule has 1 aromatic carbocycles. The first-order chi connectivity index (χ1) is 10.2. The molecule has 2 fully saturated rings. The van der Waals surface area contributed by atoms with Gasteiger partial charge >= 0.3 is 6.09 Å². The Labute approximate surface area is 123 Å². The number of cyclic esters (lactones) is 1. The van der Waals surface area contributed by atoms with Crippen LogP contribution in [-0.2, 0) is 9.53 Å². The minimum absolute atomic E-state index is 0.00145. The molecule has 1 aromatic rings. The van der Waals surface area contributed by atoms with Crippen molar-refractivity contribution in [3.63, 3.8) is 0 Å². The maximum absolute atomic E-state index is 12.2. The monoisotopic (exact) mass is 289 g/mol. The van der Waals surface area contributed by atoms with Crippen molar-refractivity contribution in [2.75, 3.05) is 50.8 Å². The molecule has 2 aliphatic heterocycles. The highest BCUT2D eigenvalue weighted by Gasteiger charge is 2.28. The van der Waals surface area contributed by atoms with E-state index < -0.39 is 0 Å². The molecule has 6 nitrogen and oxygen atoms in total. The van der Waals surface area contributed by atoms with Crippen LogP contribution in [0.25, 0.3) is 0 Å². The van der Waals surface area contributed by atoms with Crippen LogP contribution >= 0.6 is 0 Å². The number of carbonyl (C=O) groups is 2. The molecule has 2 amide bonds. The van der Waals surface area contributed by atoms with E-state index in [-0.39, 0.29) is 18.5 Å². The van der Waals surface area contributed by atoms with E-state index in [0.717, 1.165) is 13.1 Å². The lowest BCUT2D eigenvalue weighted by atomic mass is 10.2. The van der Waals surface area contributed by atoms with Crippen molar-refractivity contribution in [3.05, 3.63) is 30.3 Å². The van der Waals surface area contributed by atoms with Crippen LogP contribution in [0.1, 0.15) is 0 Å². The van der Waals surface area contributed by atoms with Crippen LogP contribution in [-0.4, -0.2) is 67.7 Å². The number of para-hydroxylation sites is 1. The lowest BCUT2D eigenvalue weighted by Crippen LogP contribution is -2.51. The summed E-state index contributed by atoms with van der Waals surface area (Å²) in [7, 11) is 0. The van der Waals surface area contributed by atoms with Gasteiger partial charge in [0, 0.05) is 31.9 Å². The van der Waals surface area contributed by atoms with E-state index in [1.807, 2.05) is 23.1 Å². The first kappa shape index (κ1) is 13.7. The Morgan fingerprint density at radius 1 is 1.05 bits per heavy atom. The Bertz CT molecular complexity index is 512. The summed E-state index contributed by atoms with van der Waals surface area (Å²) in [5.41, 5.74) is 1.19. The summed E-state index contributed by atoms with van der Waals surface area (Å²) in [5, 5.41) is 0. The van der Waals surface area contributed by atoms with Crippen LogP contribution in [0.4, 0.5) is 10.5 Å². The summed E-state index contributed by atoms with van der Waals surface area (Å²) in [5.74, 6) is 0.00145. The number of rotatable bonds is 3. The zero-order valence-electron chi connectivity index (χ0n) is 11.9. The topological polar surface area (TPSA) is 53.1 Å². The van der Waals surface area contributed by atoms with Gasteiger partial charge in [-0.1, -0.05) is 18.2 Å². The van der Waals surface area contributed by atoms with Crippen molar-refractivity contribution in [3.8, 4) is 0 Å². The van der Waals surface area contributed by atoms with Crippen LogP contribution in [0.5, 0.6) is 0 Å². The Kier molecular flexibility index (Phi) is 3.94. The molecule has 0 aliphatic carbocycles. The van der Waals surface area contributed by atoms with E-state index in [4.69, 9.17) is 4.74 Å². The van der Waals surface area contributed by atoms with E-state index in [0.29, 0.717) is 26.2 Å². The van der Waals surface area contributed by atoms with E-state index in [1.165, 1.54) is 10.6 Å². The molecule has 0 radical (unpaired) electrons. The smallest absolute Gasteiger partial charge is 0.410 e. The van der Waals surface area contributed by atoms with Gasteiger partial charge in [0.05, 0.1) is 6.54 Å². The highest BCUT2D eigenvalue weighted by molar-refractivity contribution is 5.83. The summed E-state index contributed by atoms with van der Waals surface area (Å²) in [6.45, 7) is 4.04. The second-order valence-electron chi connectivity index (χ2n) is 5.24. The zero-order chi connectivity index (χ0) is 14.7. The van der Waals surface area contributed by atoms with Gasteiger partial charge in [-0.15, -0.1) is 0 Å². The molecule has 21 heavy (non-hydrogen) atoms. The zero-order valence-corrected chi connectivity index (χ0v) is 11.9. The summed E-state index contributed by atoms with van der Waals surface area (Å²) >= 11 is 0. The van der Waals surface area contributed by atoms with Gasteiger partial charge in [-0.05, 0) is 12.1 Å². The minimum atomic E-state index is -0.383. The van der Waals surface area contributed by atoms with Crippen molar-refractivity contribution in [2.45, 2.75) is 0 Å². The van der Waals surface area contributed by atoms with Crippen molar-refractivity contribution < 1.29 is 14.3 Å². The van der Waals surface area contributed by atoms with Gasteiger partial charge < -0.3 is 14.5 Å². The Morgan fingerprint density at radius 2 is 1.76 bits per heavy atom. The van der Waals surface area contributed by atoms with E-state index >= 15 is 0 Å². The number of carbonyl (C=O) groups excluding carboxylic acids is 2. The third-order valence-electron chi connectivity index (χ3n) is 3.92. The summed E-state index contributed by atoms with van der Waals surface area (Å²) < 4.78 is 4.84. The van der Waals surface area contributed by atoms with Gasteiger partial charge in [-0.3, -0.25) is 9.69 Å². The Morgan fingerprint density at radius 3 is 2.38 bits per heavy atom. The number of benzene rings is 1. The molecule has 112 valence electrons. The fraction of sp³-hybridized carbons (Fsp3) is 0.467. The summed E-state index contributed by atoms with van der Waals surface area (Å²) in [4.78, 5) is 29.1. The molecule has 0 unspecified atom stereocenters. The third kappa shape index (κ3) is 3.09. The quantitative estimate of drug-likeness (QED) is 0.825. The number of anilines is 1. The van der Waals surface area contributed by atoms with Crippen LogP contribution in [0.15, 0.2) is 30.3 Å². The molecule has 0 saturated carbocycles. The number of hydrogen-bond donors (Lipinski definition) is 0. The molecule has 2 aliphatic rings. The molecule has 0 bridgehead atoms. The summed E-state index contributed by atoms with van der Waals surface area (Å²) in [6, 6.07) is 10.2. The van der Waals surface area contributed by atoms with Crippen molar-refractivity contribution >= 4 is 17.7 Å². The molecule has 0 N–H and O–H groups in total. The predicted octanol–water partition coefficient (Wildman–Crippen LogP) is 0.787. The average Bonchev–Trinajstić information content (AvgIpc) is 2.93. The number of ether oxygens (including phenoxy) is 1. The first-order valence-electron chi connectivity index (χ1n) is 7.23. The van der Waals surface area contributed by atoms with Gasteiger partial charge in [0.15, 0.2) is 0 Å². The fourth-order valence-corrected chi connectivity index (χ4v) is 2.69. The lowest BCUT2D eigenvalue weighted by molar-refractivity contribution is -0.132. The van der Waals surface area contributed by atoms with Gasteiger partial charge in [0.1, 0.15) is 13.2 Å². The minimum Gasteiger partial charge on any atom is -0.448 e. The molecule has 0 spiro atoms. The Balaban J connectivity index is 1.51. The summed E-state index contributed by atoms with van der Waals surface area (Å²) in [6.07, 6.45) is -0.383. The van der Waals surface area contributed by atoms with E-state index in [2.05, 4.69) is 17.0 Å². The molecule has 6 heteroatoms. The van der Waals surface area contributed by atoms with Crippen LogP contribution in [0.3, 0.4) is 0 Å². The number of nitrogens with zero attached hydrogens (tertiary/aromatic N) is 3. The SMILES string of the molecule is O=C(CN1CCOC1=O)N1CCN(c2ccccc2)CC1. The number of amides is 2. The normalized spacial score (nSPS) is 18.9. The second kappa shape index (κ2) is 6.03. The lowest BCUT2D eigenvalue weighted by Gasteiger charge is -2.36. The largest absolute Gasteiger partial charge is 0.448 e. The van der Waals surface area contributed by atoms with Crippen molar-refractivity contribution in [1.82, 2.24) is 9.80 Å². The number of hydrogen-bond acceptors (Lipinski definition) is 4. The first-order valence-corrected chi connectivity index (χ1v) is 7.23. The van der Waals surface area contributed by atoms with Gasteiger partial charge in [-0.2, -0.15) is 0 Å². The maximum Gasteiger partial charge on any atom is 0.410 e. The molecular weight excluding hydrogens is 270 g/mol. The Hall–Kier alpha value is -2.24. The molecule has 2 heterocycles. The highest BCUT2D eigenvalue weighted by atomic mass is 16.6. The van der Waals surface area contributed by atoms with E-state index in [9.17, 15) is 9.59 Å². The maximum atomic E-state index is 12.2. The van der Waals surface area contributed by atoms with Gasteiger partial charge in [0.25, 0.3) is 0 Å². The van der Waals surface area contributed by atoms with Crippen LogP contribution < -0.4 is 4.90 Å². The second-order valence-corrected chi connectivity index (χ2v) is 5.24. The molecule has 2 saturated heterocycles. The molecular formula is C15H19N3O3. The predicted molar refractivity (Wildman–Crippen MR) is 78.2 cm³/mol. The van der Waals surface area contributed by atoms with Crippen molar-refractivity contribution in [2.24, 2.45) is 0 Å². The van der Waals surface area contributed by atoms with Crippen LogP contribution in [0.2, 0.25) is 0 Å². The van der Waals surface area contributed by atoms with Gasteiger partial charge in [0.2, 0.25) is 5.91 Å². The standard InChI is InChI=1S/C15H19N3O3/c19-14(12-18-10-11-21-15(18)20)17-8-6-16(7-9-17)13-4-2-1-3-5-13/h1-5H,6-12H2. The molecule has 3 rings (SSSR count). The highest BCUT2D eigenvalue weighted by Crippen LogP contribution is 2.15. The van der Waals surface area contributed by atoms with E-state index in [1.54, 1.807) is 0 Å². The third-order valence-corrected chi connectivity index (χ3v) is 3.92. The fourth-order valence-electron chi connectivity index (χ4n) is 2.69. The van der Waals surface area contributed by atoms with Crippen molar-refractivity contribution in [1.29, 1.82) is 0 Å². The molecule has 0 aromatic heterocycles. The van der Waals surface area contributed by atoms with Crippen LogP contribution in [0, 0.1) is 0 Å².